The van der Waals surface area contributed by atoms with Crippen LogP contribution in [0, 0.1) is 0 Å². The summed E-state index contributed by atoms with van der Waals surface area (Å²) < 4.78 is 0. The first-order valence-corrected chi connectivity index (χ1v) is 11.4. The van der Waals surface area contributed by atoms with Crippen molar-refractivity contribution in [3.63, 3.8) is 0 Å². The predicted octanol–water partition coefficient (Wildman–Crippen LogP) is 3.22. The number of nitrogens with zero attached hydrogens (tertiary/aromatic N) is 1. The summed E-state index contributed by atoms with van der Waals surface area (Å²) in [6.45, 7) is -0.133. The van der Waals surface area contributed by atoms with Crippen LogP contribution in [-0.4, -0.2) is 34.4 Å². The molecule has 2 amide bonds. The van der Waals surface area contributed by atoms with Gasteiger partial charge >= 0.3 is 0 Å². The molecule has 33 heavy (non-hydrogen) atoms. The maximum atomic E-state index is 12.8. The second-order valence-corrected chi connectivity index (χ2v) is 8.57. The molecular weight excluding hydrogens is 414 g/mol. The molecule has 168 valence electrons. The van der Waals surface area contributed by atoms with Crippen molar-refractivity contribution in [3.05, 3.63) is 71.5 Å². The number of carbonyl (C=O) groups excluding carboxylic acids is 2. The van der Waals surface area contributed by atoms with Crippen molar-refractivity contribution in [2.45, 2.75) is 38.1 Å². The fraction of sp³-hybridized carbons (Fsp3) is 0.269. The highest BCUT2D eigenvalue weighted by Crippen LogP contribution is 2.33. The Morgan fingerprint density at radius 2 is 1.79 bits per heavy atom. The number of hydrogen-bond donors (Lipinski definition) is 4. The first kappa shape index (κ1) is 21.2. The van der Waals surface area contributed by atoms with Crippen molar-refractivity contribution in [2.24, 2.45) is 5.73 Å². The highest BCUT2D eigenvalue weighted by molar-refractivity contribution is 6.04. The van der Waals surface area contributed by atoms with Crippen molar-refractivity contribution in [1.82, 2.24) is 15.3 Å². The zero-order chi connectivity index (χ0) is 22.8. The van der Waals surface area contributed by atoms with Crippen molar-refractivity contribution in [3.8, 4) is 0 Å². The number of aromatic nitrogens is 2. The number of anilines is 1. The summed E-state index contributed by atoms with van der Waals surface area (Å²) >= 11 is 0. The second-order valence-electron chi connectivity index (χ2n) is 8.57. The topological polar surface area (TPSA) is 113 Å². The molecule has 0 fully saturated rings. The molecule has 0 unspecified atom stereocenters. The Bertz CT molecular complexity index is 1340. The van der Waals surface area contributed by atoms with Gasteiger partial charge < -0.3 is 21.4 Å². The molecule has 2 aromatic carbocycles. The summed E-state index contributed by atoms with van der Waals surface area (Å²) in [5, 5.41) is 7.70. The molecule has 2 heterocycles. The van der Waals surface area contributed by atoms with Crippen molar-refractivity contribution < 1.29 is 9.59 Å². The van der Waals surface area contributed by atoms with Gasteiger partial charge in [-0.1, -0.05) is 36.4 Å². The summed E-state index contributed by atoms with van der Waals surface area (Å²) in [4.78, 5) is 33.3. The Morgan fingerprint density at radius 3 is 2.67 bits per heavy atom. The quantitative estimate of drug-likeness (QED) is 0.368. The molecule has 1 aliphatic rings. The lowest BCUT2D eigenvalue weighted by Crippen LogP contribution is -2.44. The molecule has 2 aromatic heterocycles. The molecule has 0 bridgehead atoms. The standard InChI is InChI=1S/C26H27N5O2/c27-20(13-16-14-28-21-10-4-1-7-17(16)21)26(33)29-15-24(32)31-25-18-8-2-5-11-22(18)30-23-12-6-3-9-19(23)25/h1-2,4-5,7-8,10-11,14,20,28H,3,6,9,12-13,15,27H2,(H,29,33)(H,30,31,32)/t20-/m0/s1. The van der Waals surface area contributed by atoms with Gasteiger partial charge in [-0.3, -0.25) is 14.6 Å². The van der Waals surface area contributed by atoms with Crippen molar-refractivity contribution in [1.29, 1.82) is 0 Å². The Labute approximate surface area is 191 Å². The smallest absolute Gasteiger partial charge is 0.243 e. The number of nitrogens with two attached hydrogens (primary N) is 1. The average Bonchev–Trinajstić information content (AvgIpc) is 3.25. The number of amides is 2. The van der Waals surface area contributed by atoms with Crippen LogP contribution in [0.3, 0.4) is 0 Å². The number of H-pyrrole nitrogens is 1. The van der Waals surface area contributed by atoms with Crippen LogP contribution in [-0.2, 0) is 28.9 Å². The summed E-state index contributed by atoms with van der Waals surface area (Å²) in [7, 11) is 0. The van der Waals surface area contributed by atoms with Crippen LogP contribution in [0.25, 0.3) is 21.8 Å². The summed E-state index contributed by atoms with van der Waals surface area (Å²) in [5.41, 5.74) is 12.0. The van der Waals surface area contributed by atoms with Crippen LogP contribution < -0.4 is 16.4 Å². The predicted molar refractivity (Wildman–Crippen MR) is 130 cm³/mol. The minimum Gasteiger partial charge on any atom is -0.361 e. The van der Waals surface area contributed by atoms with Gasteiger partial charge in [0, 0.05) is 28.2 Å². The van der Waals surface area contributed by atoms with Crippen LogP contribution in [0.2, 0.25) is 0 Å². The summed E-state index contributed by atoms with van der Waals surface area (Å²) in [6.07, 6.45) is 6.26. The lowest BCUT2D eigenvalue weighted by atomic mass is 9.92. The van der Waals surface area contributed by atoms with Crippen LogP contribution in [0.1, 0.15) is 29.7 Å². The number of pyridine rings is 1. The summed E-state index contributed by atoms with van der Waals surface area (Å²) in [6, 6.07) is 15.0. The minimum atomic E-state index is -0.744. The van der Waals surface area contributed by atoms with Gasteiger partial charge in [0.25, 0.3) is 0 Å². The van der Waals surface area contributed by atoms with Gasteiger partial charge in [-0.05, 0) is 55.4 Å². The molecule has 0 radical (unpaired) electrons. The molecule has 0 saturated heterocycles. The number of benzene rings is 2. The van der Waals surface area contributed by atoms with Gasteiger partial charge in [0.05, 0.1) is 23.8 Å². The van der Waals surface area contributed by atoms with Crippen LogP contribution in [0.15, 0.2) is 54.7 Å². The number of carbonyl (C=O) groups is 2. The highest BCUT2D eigenvalue weighted by Gasteiger charge is 2.21. The third-order valence-electron chi connectivity index (χ3n) is 6.31. The maximum Gasteiger partial charge on any atom is 0.243 e. The molecule has 0 spiro atoms. The van der Waals surface area contributed by atoms with Gasteiger partial charge in [-0.2, -0.15) is 0 Å². The van der Waals surface area contributed by atoms with E-state index in [9.17, 15) is 9.59 Å². The van der Waals surface area contributed by atoms with E-state index < -0.39 is 6.04 Å². The van der Waals surface area contributed by atoms with E-state index in [0.717, 1.165) is 70.0 Å². The summed E-state index contributed by atoms with van der Waals surface area (Å²) in [5.74, 6) is -0.621. The molecule has 1 aliphatic carbocycles. The van der Waals surface area contributed by atoms with Gasteiger partial charge in [0.15, 0.2) is 0 Å². The Kier molecular flexibility index (Phi) is 5.79. The molecular formula is C26H27N5O2. The molecule has 5 rings (SSSR count). The molecule has 0 saturated carbocycles. The van der Waals surface area contributed by atoms with Crippen molar-refractivity contribution in [2.75, 3.05) is 11.9 Å². The lowest BCUT2D eigenvalue weighted by Gasteiger charge is -2.21. The number of hydrogen-bond acceptors (Lipinski definition) is 4. The SMILES string of the molecule is N[C@@H](Cc1c[nH]c2ccccc12)C(=O)NCC(=O)Nc1c2c(nc3ccccc13)CCCC2. The first-order chi connectivity index (χ1) is 16.1. The zero-order valence-corrected chi connectivity index (χ0v) is 18.4. The number of nitrogens with one attached hydrogen (secondary N) is 3. The molecule has 0 aliphatic heterocycles. The third-order valence-corrected chi connectivity index (χ3v) is 6.31. The normalized spacial score (nSPS) is 14.1. The fourth-order valence-electron chi connectivity index (χ4n) is 4.63. The monoisotopic (exact) mass is 441 g/mol. The fourth-order valence-corrected chi connectivity index (χ4v) is 4.63. The molecule has 4 aromatic rings. The van der Waals surface area contributed by atoms with Gasteiger partial charge in [-0.25, -0.2) is 0 Å². The second kappa shape index (κ2) is 9.03. The average molecular weight is 442 g/mol. The Morgan fingerprint density at radius 1 is 1.03 bits per heavy atom. The first-order valence-electron chi connectivity index (χ1n) is 11.4. The van der Waals surface area contributed by atoms with E-state index in [1.54, 1.807) is 0 Å². The number of aromatic amines is 1. The van der Waals surface area contributed by atoms with E-state index in [-0.39, 0.29) is 18.4 Å². The van der Waals surface area contributed by atoms with E-state index in [2.05, 4.69) is 15.6 Å². The minimum absolute atomic E-state index is 0.133. The van der Waals surface area contributed by atoms with Gasteiger partial charge in [0.1, 0.15) is 0 Å². The van der Waals surface area contributed by atoms with Crippen molar-refractivity contribution >= 4 is 39.3 Å². The number of aryl methyl sites for hydroxylation is 1. The molecule has 1 atom stereocenters. The van der Waals surface area contributed by atoms with E-state index >= 15 is 0 Å². The van der Waals surface area contributed by atoms with E-state index in [1.807, 2.05) is 54.7 Å². The number of para-hydroxylation sites is 2. The Hall–Kier alpha value is -3.71. The Balaban J connectivity index is 1.25. The lowest BCUT2D eigenvalue weighted by molar-refractivity contribution is -0.125. The number of rotatable bonds is 6. The zero-order valence-electron chi connectivity index (χ0n) is 18.4. The molecule has 7 heteroatoms. The van der Waals surface area contributed by atoms with Crippen LogP contribution in [0.5, 0.6) is 0 Å². The molecule has 7 nitrogen and oxygen atoms in total. The van der Waals surface area contributed by atoms with Gasteiger partial charge in [0.2, 0.25) is 11.8 Å². The van der Waals surface area contributed by atoms with E-state index in [0.29, 0.717) is 6.42 Å². The van der Waals surface area contributed by atoms with E-state index in [4.69, 9.17) is 10.7 Å². The third kappa shape index (κ3) is 4.32. The van der Waals surface area contributed by atoms with Crippen LogP contribution >= 0.6 is 0 Å². The largest absolute Gasteiger partial charge is 0.361 e. The maximum absolute atomic E-state index is 12.8. The van der Waals surface area contributed by atoms with Gasteiger partial charge in [-0.15, -0.1) is 0 Å². The molecule has 5 N–H and O–H groups in total. The highest BCUT2D eigenvalue weighted by atomic mass is 16.2. The van der Waals surface area contributed by atoms with E-state index in [1.165, 1.54) is 0 Å². The van der Waals surface area contributed by atoms with Crippen LogP contribution in [0.4, 0.5) is 5.69 Å². The number of fused-ring (bicyclic) bond motifs is 3.